The number of anilines is 3. The van der Waals surface area contributed by atoms with Gasteiger partial charge in [-0.1, -0.05) is 11.6 Å². The third kappa shape index (κ3) is 5.55. The number of rotatable bonds is 6. The van der Waals surface area contributed by atoms with Crippen LogP contribution in [-0.2, 0) is 4.79 Å². The van der Waals surface area contributed by atoms with Gasteiger partial charge in [0, 0.05) is 33.7 Å². The fourth-order valence-electron chi connectivity index (χ4n) is 2.59. The summed E-state index contributed by atoms with van der Waals surface area (Å²) in [5, 5.41) is 8.83. The first-order chi connectivity index (χ1) is 14.3. The van der Waals surface area contributed by atoms with Crippen LogP contribution in [0, 0.1) is 11.6 Å². The second kappa shape index (κ2) is 9.37. The van der Waals surface area contributed by atoms with E-state index in [1.807, 2.05) is 0 Å². The molecule has 0 aromatic heterocycles. The van der Waals surface area contributed by atoms with Crippen molar-refractivity contribution in [3.05, 3.63) is 89.0 Å². The minimum absolute atomic E-state index is 0.160. The minimum Gasteiger partial charge on any atom is -0.374 e. The lowest BCUT2D eigenvalue weighted by atomic mass is 10.2. The van der Waals surface area contributed by atoms with E-state index in [4.69, 9.17) is 11.6 Å². The van der Waals surface area contributed by atoms with E-state index in [9.17, 15) is 18.4 Å². The van der Waals surface area contributed by atoms with E-state index < -0.39 is 23.6 Å². The number of benzene rings is 3. The summed E-state index contributed by atoms with van der Waals surface area (Å²) in [6.45, 7) is 1.63. The average molecular weight is 430 g/mol. The molecule has 0 spiro atoms. The average Bonchev–Trinajstić information content (AvgIpc) is 2.72. The topological polar surface area (TPSA) is 70.2 Å². The van der Waals surface area contributed by atoms with Gasteiger partial charge in [-0.2, -0.15) is 0 Å². The number of carbonyl (C=O) groups excluding carboxylic acids is 2. The standard InChI is InChI=1S/C22H18ClF2N3O2/c1-13(21(29)28-18-10-11-19(24)20(25)12-18)26-16-6-8-17(9-7-16)27-22(30)14-2-4-15(23)5-3-14/h2-13,26H,1H3,(H,27,30)(H,28,29). The van der Waals surface area contributed by atoms with Crippen LogP contribution in [0.1, 0.15) is 17.3 Å². The fraction of sp³-hybridized carbons (Fsp3) is 0.0909. The zero-order chi connectivity index (χ0) is 21.7. The first kappa shape index (κ1) is 21.3. The van der Waals surface area contributed by atoms with E-state index in [2.05, 4.69) is 16.0 Å². The van der Waals surface area contributed by atoms with Gasteiger partial charge >= 0.3 is 0 Å². The zero-order valence-corrected chi connectivity index (χ0v) is 16.6. The molecule has 0 aliphatic rings. The lowest BCUT2D eigenvalue weighted by molar-refractivity contribution is -0.116. The Morgan fingerprint density at radius 1 is 0.800 bits per heavy atom. The van der Waals surface area contributed by atoms with Gasteiger partial charge in [0.15, 0.2) is 11.6 Å². The van der Waals surface area contributed by atoms with Gasteiger partial charge in [-0.15, -0.1) is 0 Å². The maximum Gasteiger partial charge on any atom is 0.255 e. The summed E-state index contributed by atoms with van der Waals surface area (Å²) in [6.07, 6.45) is 0. The summed E-state index contributed by atoms with van der Waals surface area (Å²) < 4.78 is 26.2. The van der Waals surface area contributed by atoms with Crippen molar-refractivity contribution in [1.29, 1.82) is 0 Å². The summed E-state index contributed by atoms with van der Waals surface area (Å²) in [6, 6.07) is 15.8. The molecule has 0 saturated heterocycles. The van der Waals surface area contributed by atoms with Crippen molar-refractivity contribution in [3.63, 3.8) is 0 Å². The van der Waals surface area contributed by atoms with Crippen molar-refractivity contribution in [2.45, 2.75) is 13.0 Å². The Morgan fingerprint density at radius 2 is 1.40 bits per heavy atom. The van der Waals surface area contributed by atoms with Gasteiger partial charge in [-0.3, -0.25) is 9.59 Å². The summed E-state index contributed by atoms with van der Waals surface area (Å²) in [5.74, 6) is -2.71. The van der Waals surface area contributed by atoms with E-state index in [0.29, 0.717) is 22.0 Å². The molecule has 8 heteroatoms. The molecule has 30 heavy (non-hydrogen) atoms. The van der Waals surface area contributed by atoms with Crippen LogP contribution < -0.4 is 16.0 Å². The van der Waals surface area contributed by atoms with Crippen molar-refractivity contribution in [3.8, 4) is 0 Å². The van der Waals surface area contributed by atoms with Gasteiger partial charge in [0.2, 0.25) is 5.91 Å². The molecular formula is C22H18ClF2N3O2. The second-order valence-electron chi connectivity index (χ2n) is 6.52. The van der Waals surface area contributed by atoms with Crippen LogP contribution >= 0.6 is 11.6 Å². The van der Waals surface area contributed by atoms with Crippen LogP contribution in [0.2, 0.25) is 5.02 Å². The predicted octanol–water partition coefficient (Wildman–Crippen LogP) is 5.31. The van der Waals surface area contributed by atoms with Crippen molar-refractivity contribution < 1.29 is 18.4 Å². The van der Waals surface area contributed by atoms with Crippen molar-refractivity contribution >= 4 is 40.5 Å². The maximum atomic E-state index is 13.3. The van der Waals surface area contributed by atoms with E-state index in [1.54, 1.807) is 55.5 Å². The summed E-state index contributed by atoms with van der Waals surface area (Å²) in [7, 11) is 0. The van der Waals surface area contributed by atoms with Gasteiger partial charge in [-0.05, 0) is 67.6 Å². The molecule has 5 nitrogen and oxygen atoms in total. The molecule has 3 aromatic carbocycles. The van der Waals surface area contributed by atoms with Crippen molar-refractivity contribution in [2.75, 3.05) is 16.0 Å². The van der Waals surface area contributed by atoms with Gasteiger partial charge in [0.05, 0.1) is 0 Å². The highest BCUT2D eigenvalue weighted by molar-refractivity contribution is 6.30. The van der Waals surface area contributed by atoms with Crippen LogP contribution in [-0.4, -0.2) is 17.9 Å². The Hall–Kier alpha value is -3.45. The molecule has 0 fully saturated rings. The second-order valence-corrected chi connectivity index (χ2v) is 6.96. The summed E-state index contributed by atoms with van der Waals surface area (Å²) >= 11 is 5.82. The number of hydrogen-bond donors (Lipinski definition) is 3. The van der Waals surface area contributed by atoms with Gasteiger partial charge in [0.1, 0.15) is 6.04 Å². The minimum atomic E-state index is -1.04. The van der Waals surface area contributed by atoms with Crippen molar-refractivity contribution in [2.24, 2.45) is 0 Å². The largest absolute Gasteiger partial charge is 0.374 e. The summed E-state index contributed by atoms with van der Waals surface area (Å²) in [5.41, 5.74) is 1.86. The lowest BCUT2D eigenvalue weighted by Crippen LogP contribution is -2.31. The molecule has 3 rings (SSSR count). The first-order valence-corrected chi connectivity index (χ1v) is 9.39. The molecule has 0 aliphatic heterocycles. The third-order valence-corrected chi connectivity index (χ3v) is 4.46. The van der Waals surface area contributed by atoms with Crippen LogP contribution in [0.15, 0.2) is 66.7 Å². The molecule has 154 valence electrons. The Morgan fingerprint density at radius 3 is 2.03 bits per heavy atom. The SMILES string of the molecule is CC(Nc1ccc(NC(=O)c2ccc(Cl)cc2)cc1)C(=O)Nc1ccc(F)c(F)c1. The number of amides is 2. The molecule has 2 amide bonds. The Bertz CT molecular complexity index is 1060. The Kier molecular flexibility index (Phi) is 6.64. The van der Waals surface area contributed by atoms with Crippen LogP contribution in [0.4, 0.5) is 25.8 Å². The quantitative estimate of drug-likeness (QED) is 0.497. The normalized spacial score (nSPS) is 11.5. The third-order valence-electron chi connectivity index (χ3n) is 4.21. The van der Waals surface area contributed by atoms with E-state index in [1.165, 1.54) is 6.07 Å². The highest BCUT2D eigenvalue weighted by atomic mass is 35.5. The van der Waals surface area contributed by atoms with Gasteiger partial charge < -0.3 is 16.0 Å². The molecule has 1 unspecified atom stereocenters. The monoisotopic (exact) mass is 429 g/mol. The molecule has 0 bridgehead atoms. The maximum absolute atomic E-state index is 13.3. The van der Waals surface area contributed by atoms with Crippen LogP contribution in [0.25, 0.3) is 0 Å². The number of hydrogen-bond acceptors (Lipinski definition) is 3. The molecular weight excluding hydrogens is 412 g/mol. The van der Waals surface area contributed by atoms with Crippen molar-refractivity contribution in [1.82, 2.24) is 0 Å². The molecule has 0 radical (unpaired) electrons. The number of carbonyl (C=O) groups is 2. The lowest BCUT2D eigenvalue weighted by Gasteiger charge is -2.16. The summed E-state index contributed by atoms with van der Waals surface area (Å²) in [4.78, 5) is 24.5. The van der Waals surface area contributed by atoms with Crippen LogP contribution in [0.3, 0.4) is 0 Å². The highest BCUT2D eigenvalue weighted by Crippen LogP contribution is 2.18. The van der Waals surface area contributed by atoms with Gasteiger partial charge in [0.25, 0.3) is 5.91 Å². The molecule has 0 aliphatic carbocycles. The molecule has 3 aromatic rings. The zero-order valence-electron chi connectivity index (χ0n) is 15.9. The van der Waals surface area contributed by atoms with Gasteiger partial charge in [-0.25, -0.2) is 8.78 Å². The number of halogens is 3. The first-order valence-electron chi connectivity index (χ1n) is 9.01. The Balaban J connectivity index is 1.56. The molecule has 0 heterocycles. The molecule has 3 N–H and O–H groups in total. The fourth-order valence-corrected chi connectivity index (χ4v) is 2.72. The number of nitrogens with one attached hydrogen (secondary N) is 3. The van der Waals surface area contributed by atoms with E-state index >= 15 is 0 Å². The molecule has 0 saturated carbocycles. The smallest absolute Gasteiger partial charge is 0.255 e. The highest BCUT2D eigenvalue weighted by Gasteiger charge is 2.14. The Labute approximate surface area is 177 Å². The molecule has 1 atom stereocenters. The van der Waals surface area contributed by atoms with E-state index in [-0.39, 0.29) is 11.6 Å². The predicted molar refractivity (Wildman–Crippen MR) is 114 cm³/mol. The van der Waals surface area contributed by atoms with E-state index in [0.717, 1.165) is 12.1 Å². The van der Waals surface area contributed by atoms with Crippen LogP contribution in [0.5, 0.6) is 0 Å².